The number of nitrogens with one attached hydrogen (secondary N) is 2. The minimum Gasteiger partial charge on any atom is -0.349 e. The van der Waals surface area contributed by atoms with E-state index in [0.717, 1.165) is 25.7 Å². The smallest absolute Gasteiger partial charge is 0.251 e. The van der Waals surface area contributed by atoms with Crippen LogP contribution in [0.2, 0.25) is 0 Å². The molecule has 4 heteroatoms. The van der Waals surface area contributed by atoms with Gasteiger partial charge in [-0.1, -0.05) is 18.9 Å². The topological polar surface area (TPSA) is 58.2 Å². The van der Waals surface area contributed by atoms with Gasteiger partial charge in [-0.2, -0.15) is 0 Å². The van der Waals surface area contributed by atoms with E-state index in [0.29, 0.717) is 23.2 Å². The van der Waals surface area contributed by atoms with E-state index >= 15 is 0 Å². The first-order valence-corrected chi connectivity index (χ1v) is 7.44. The van der Waals surface area contributed by atoms with Crippen LogP contribution >= 0.6 is 0 Å². The summed E-state index contributed by atoms with van der Waals surface area (Å²) in [6.07, 6.45) is 6.63. The molecule has 0 unspecified atom stereocenters. The maximum Gasteiger partial charge on any atom is 0.251 e. The van der Waals surface area contributed by atoms with Gasteiger partial charge in [0.15, 0.2) is 0 Å². The molecular formula is C16H20N2O2. The Kier molecular flexibility index (Phi) is 3.72. The summed E-state index contributed by atoms with van der Waals surface area (Å²) in [6.45, 7) is 0. The highest BCUT2D eigenvalue weighted by atomic mass is 16.2. The van der Waals surface area contributed by atoms with Crippen LogP contribution in [0, 0.1) is 0 Å². The van der Waals surface area contributed by atoms with Gasteiger partial charge in [0.2, 0.25) is 0 Å². The molecule has 0 bridgehead atoms. The molecule has 0 radical (unpaired) electrons. The van der Waals surface area contributed by atoms with E-state index in [2.05, 4.69) is 10.6 Å². The summed E-state index contributed by atoms with van der Waals surface area (Å²) >= 11 is 0. The van der Waals surface area contributed by atoms with Crippen molar-refractivity contribution in [1.29, 1.82) is 0 Å². The third kappa shape index (κ3) is 3.18. The van der Waals surface area contributed by atoms with E-state index in [4.69, 9.17) is 0 Å². The monoisotopic (exact) mass is 272 g/mol. The summed E-state index contributed by atoms with van der Waals surface area (Å²) in [5, 5.41) is 5.98. The van der Waals surface area contributed by atoms with Crippen molar-refractivity contribution in [1.82, 2.24) is 10.6 Å². The zero-order valence-electron chi connectivity index (χ0n) is 11.5. The molecule has 0 saturated heterocycles. The van der Waals surface area contributed by atoms with Gasteiger partial charge in [0, 0.05) is 23.2 Å². The van der Waals surface area contributed by atoms with Gasteiger partial charge in [-0.05, 0) is 43.9 Å². The molecule has 0 heterocycles. The van der Waals surface area contributed by atoms with Crippen LogP contribution in [0.15, 0.2) is 24.3 Å². The lowest BCUT2D eigenvalue weighted by Gasteiger charge is -2.12. The molecule has 2 saturated carbocycles. The fraction of sp³-hybridized carbons (Fsp3) is 0.500. The van der Waals surface area contributed by atoms with Gasteiger partial charge >= 0.3 is 0 Å². The lowest BCUT2D eigenvalue weighted by molar-refractivity contribution is 0.0938. The van der Waals surface area contributed by atoms with E-state index in [9.17, 15) is 9.59 Å². The second-order valence-electron chi connectivity index (χ2n) is 5.78. The summed E-state index contributed by atoms with van der Waals surface area (Å²) in [5.74, 6) is -0.152. The fourth-order valence-corrected chi connectivity index (χ4v) is 2.64. The summed E-state index contributed by atoms with van der Waals surface area (Å²) in [7, 11) is 0. The number of amides is 2. The van der Waals surface area contributed by atoms with Crippen molar-refractivity contribution in [2.75, 3.05) is 0 Å². The quantitative estimate of drug-likeness (QED) is 0.883. The van der Waals surface area contributed by atoms with Crippen molar-refractivity contribution in [3.8, 4) is 0 Å². The highest BCUT2D eigenvalue weighted by Crippen LogP contribution is 2.20. The molecule has 0 atom stereocenters. The van der Waals surface area contributed by atoms with Gasteiger partial charge in [-0.3, -0.25) is 9.59 Å². The Hall–Kier alpha value is -1.84. The van der Waals surface area contributed by atoms with Gasteiger partial charge in [-0.15, -0.1) is 0 Å². The first-order chi connectivity index (χ1) is 9.72. The summed E-state index contributed by atoms with van der Waals surface area (Å²) in [5.41, 5.74) is 1.14. The van der Waals surface area contributed by atoms with Crippen LogP contribution in [-0.2, 0) is 0 Å². The highest BCUT2D eigenvalue weighted by Gasteiger charge is 2.24. The van der Waals surface area contributed by atoms with E-state index in [-0.39, 0.29) is 11.8 Å². The van der Waals surface area contributed by atoms with Gasteiger partial charge in [0.1, 0.15) is 0 Å². The predicted molar refractivity (Wildman–Crippen MR) is 76.7 cm³/mol. The number of benzene rings is 1. The van der Waals surface area contributed by atoms with Gasteiger partial charge < -0.3 is 10.6 Å². The van der Waals surface area contributed by atoms with Gasteiger partial charge in [-0.25, -0.2) is 0 Å². The van der Waals surface area contributed by atoms with Crippen LogP contribution in [0.1, 0.15) is 59.2 Å². The summed E-state index contributed by atoms with van der Waals surface area (Å²) in [6, 6.07) is 7.60. The molecule has 1 aromatic carbocycles. The van der Waals surface area contributed by atoms with Crippen molar-refractivity contribution >= 4 is 11.8 Å². The highest BCUT2D eigenvalue weighted by molar-refractivity contribution is 5.99. The Morgan fingerprint density at radius 1 is 0.850 bits per heavy atom. The summed E-state index contributed by atoms with van der Waals surface area (Å²) < 4.78 is 0. The van der Waals surface area contributed by atoms with Gasteiger partial charge in [0.25, 0.3) is 11.8 Å². The van der Waals surface area contributed by atoms with Crippen LogP contribution in [0.5, 0.6) is 0 Å². The first-order valence-electron chi connectivity index (χ1n) is 7.44. The molecule has 2 fully saturated rings. The van der Waals surface area contributed by atoms with Crippen LogP contribution in [0.4, 0.5) is 0 Å². The van der Waals surface area contributed by atoms with Crippen molar-refractivity contribution in [3.63, 3.8) is 0 Å². The molecule has 0 spiro atoms. The molecule has 2 amide bonds. The maximum atomic E-state index is 12.2. The van der Waals surface area contributed by atoms with Crippen molar-refractivity contribution in [3.05, 3.63) is 35.4 Å². The SMILES string of the molecule is O=C(NC1CCCC1)c1cccc(C(=O)NC2CC2)c1. The molecular weight excluding hydrogens is 252 g/mol. The second-order valence-corrected chi connectivity index (χ2v) is 5.78. The third-order valence-corrected chi connectivity index (χ3v) is 3.99. The molecule has 2 aliphatic rings. The standard InChI is InChI=1S/C16H20N2O2/c19-15(17-13-6-1-2-7-13)11-4-3-5-12(10-11)16(20)18-14-8-9-14/h3-5,10,13-14H,1-2,6-9H2,(H,17,19)(H,18,20). The summed E-state index contributed by atoms with van der Waals surface area (Å²) in [4.78, 5) is 24.1. The second kappa shape index (κ2) is 5.65. The first kappa shape index (κ1) is 13.2. The minimum absolute atomic E-state index is 0.0713. The average Bonchev–Trinajstić information content (AvgIpc) is 3.12. The van der Waals surface area contributed by atoms with Gasteiger partial charge in [0.05, 0.1) is 0 Å². The number of rotatable bonds is 4. The Morgan fingerprint density at radius 2 is 1.35 bits per heavy atom. The molecule has 106 valence electrons. The largest absolute Gasteiger partial charge is 0.349 e. The molecule has 0 aromatic heterocycles. The molecule has 0 aliphatic heterocycles. The Morgan fingerprint density at radius 3 is 1.85 bits per heavy atom. The van der Waals surface area contributed by atoms with E-state index < -0.39 is 0 Å². The zero-order chi connectivity index (χ0) is 13.9. The molecule has 2 aliphatic carbocycles. The molecule has 1 aromatic rings. The number of carbonyl (C=O) groups excluding carboxylic acids is 2. The molecule has 4 nitrogen and oxygen atoms in total. The third-order valence-electron chi connectivity index (χ3n) is 3.99. The zero-order valence-corrected chi connectivity index (χ0v) is 11.5. The Labute approximate surface area is 118 Å². The number of hydrogen-bond acceptors (Lipinski definition) is 2. The van der Waals surface area contributed by atoms with E-state index in [1.807, 2.05) is 0 Å². The Balaban J connectivity index is 1.66. The normalized spacial score (nSPS) is 18.8. The van der Waals surface area contributed by atoms with Crippen LogP contribution in [0.3, 0.4) is 0 Å². The maximum absolute atomic E-state index is 12.2. The van der Waals surface area contributed by atoms with Crippen LogP contribution in [0.25, 0.3) is 0 Å². The number of hydrogen-bond donors (Lipinski definition) is 2. The molecule has 20 heavy (non-hydrogen) atoms. The Bertz CT molecular complexity index is 517. The fourth-order valence-electron chi connectivity index (χ4n) is 2.64. The van der Waals surface area contributed by atoms with Crippen LogP contribution in [-0.4, -0.2) is 23.9 Å². The molecule has 2 N–H and O–H groups in total. The lowest BCUT2D eigenvalue weighted by atomic mass is 10.1. The lowest BCUT2D eigenvalue weighted by Crippen LogP contribution is -2.33. The van der Waals surface area contributed by atoms with E-state index in [1.54, 1.807) is 24.3 Å². The van der Waals surface area contributed by atoms with Crippen LogP contribution < -0.4 is 10.6 Å². The average molecular weight is 272 g/mol. The minimum atomic E-state index is -0.0805. The number of carbonyl (C=O) groups is 2. The van der Waals surface area contributed by atoms with Crippen molar-refractivity contribution in [2.24, 2.45) is 0 Å². The van der Waals surface area contributed by atoms with E-state index in [1.165, 1.54) is 12.8 Å². The molecule has 3 rings (SSSR count). The van der Waals surface area contributed by atoms with Crippen molar-refractivity contribution < 1.29 is 9.59 Å². The van der Waals surface area contributed by atoms with Crippen molar-refractivity contribution in [2.45, 2.75) is 50.6 Å². The predicted octanol–water partition coefficient (Wildman–Crippen LogP) is 2.25.